The lowest BCUT2D eigenvalue weighted by Gasteiger charge is -2.00. The van der Waals surface area contributed by atoms with Crippen molar-refractivity contribution in [1.29, 1.82) is 5.26 Å². The summed E-state index contributed by atoms with van der Waals surface area (Å²) in [5.74, 6) is 0. The highest BCUT2D eigenvalue weighted by Gasteiger charge is 2.08. The quantitative estimate of drug-likeness (QED) is 0.681. The Kier molecular flexibility index (Phi) is 4.51. The Labute approximate surface area is 139 Å². The minimum absolute atomic E-state index is 0.525. The fourth-order valence-electron chi connectivity index (χ4n) is 2.09. The zero-order chi connectivity index (χ0) is 16.1. The van der Waals surface area contributed by atoms with Crippen molar-refractivity contribution in [2.75, 3.05) is 5.32 Å². The predicted molar refractivity (Wildman–Crippen MR) is 95.9 cm³/mol. The molecule has 3 aromatic rings. The van der Waals surface area contributed by atoms with Crippen LogP contribution in [0.1, 0.15) is 10.6 Å². The van der Waals surface area contributed by atoms with Crippen LogP contribution in [0, 0.1) is 18.3 Å². The number of hydrogen-bond donors (Lipinski definition) is 1. The molecule has 112 valence electrons. The van der Waals surface area contributed by atoms with Gasteiger partial charge in [0.25, 0.3) is 0 Å². The number of nitrogens with one attached hydrogen (secondary N) is 1. The molecule has 0 saturated heterocycles. The molecule has 0 unspecified atom stereocenters. The highest BCUT2D eigenvalue weighted by atomic mass is 32.1. The monoisotopic (exact) mass is 317 g/mol. The minimum Gasteiger partial charge on any atom is -0.360 e. The van der Waals surface area contributed by atoms with Crippen LogP contribution >= 0.6 is 11.3 Å². The van der Waals surface area contributed by atoms with Crippen LogP contribution in [-0.2, 0) is 0 Å². The first kappa shape index (κ1) is 15.0. The van der Waals surface area contributed by atoms with E-state index in [2.05, 4.69) is 35.4 Å². The van der Waals surface area contributed by atoms with Crippen molar-refractivity contribution >= 4 is 22.6 Å². The van der Waals surface area contributed by atoms with Crippen molar-refractivity contribution in [3.8, 4) is 17.3 Å². The summed E-state index contributed by atoms with van der Waals surface area (Å²) >= 11 is 1.47. The molecule has 3 rings (SSSR count). The van der Waals surface area contributed by atoms with E-state index in [1.54, 1.807) is 6.20 Å². The molecule has 1 aromatic heterocycles. The first-order valence-corrected chi connectivity index (χ1v) is 8.09. The van der Waals surface area contributed by atoms with Crippen molar-refractivity contribution in [2.45, 2.75) is 6.92 Å². The lowest BCUT2D eigenvalue weighted by Crippen LogP contribution is -1.90. The number of anilines is 1. The van der Waals surface area contributed by atoms with Crippen molar-refractivity contribution in [2.24, 2.45) is 0 Å². The molecule has 0 atom stereocenters. The average Bonchev–Trinajstić information content (AvgIpc) is 3.07. The Morgan fingerprint density at radius 3 is 2.57 bits per heavy atom. The van der Waals surface area contributed by atoms with Crippen LogP contribution in [0.4, 0.5) is 5.69 Å². The molecule has 0 fully saturated rings. The van der Waals surface area contributed by atoms with Gasteiger partial charge in [-0.05, 0) is 19.1 Å². The van der Waals surface area contributed by atoms with E-state index in [1.165, 1.54) is 16.9 Å². The molecular formula is C19H15N3S. The number of nitriles is 1. The molecule has 4 heteroatoms. The Bertz CT molecular complexity index is 856. The molecule has 0 aliphatic rings. The Balaban J connectivity index is 1.83. The third-order valence-corrected chi connectivity index (χ3v) is 4.23. The van der Waals surface area contributed by atoms with Crippen molar-refractivity contribution < 1.29 is 0 Å². The summed E-state index contributed by atoms with van der Waals surface area (Å²) in [5, 5.41) is 15.2. The molecule has 23 heavy (non-hydrogen) atoms. The topological polar surface area (TPSA) is 48.7 Å². The number of aromatic nitrogens is 1. The maximum absolute atomic E-state index is 9.38. The van der Waals surface area contributed by atoms with Crippen LogP contribution in [0.15, 0.2) is 66.2 Å². The van der Waals surface area contributed by atoms with Gasteiger partial charge in [0.1, 0.15) is 16.6 Å². The van der Waals surface area contributed by atoms with Crippen LogP contribution in [0.5, 0.6) is 0 Å². The van der Waals surface area contributed by atoms with Gasteiger partial charge in [-0.3, -0.25) is 0 Å². The molecular weight excluding hydrogens is 302 g/mol. The Morgan fingerprint density at radius 2 is 1.87 bits per heavy atom. The second kappa shape index (κ2) is 6.91. The average molecular weight is 317 g/mol. The molecule has 0 radical (unpaired) electrons. The molecule has 0 aliphatic carbocycles. The summed E-state index contributed by atoms with van der Waals surface area (Å²) in [7, 11) is 0. The van der Waals surface area contributed by atoms with Crippen molar-refractivity contribution in [3.05, 3.63) is 76.7 Å². The highest BCUT2D eigenvalue weighted by Crippen LogP contribution is 2.26. The highest BCUT2D eigenvalue weighted by molar-refractivity contribution is 7.11. The number of para-hydroxylation sites is 1. The number of rotatable bonds is 4. The van der Waals surface area contributed by atoms with Gasteiger partial charge in [-0.15, -0.1) is 11.3 Å². The molecule has 0 amide bonds. The van der Waals surface area contributed by atoms with Gasteiger partial charge in [0.2, 0.25) is 0 Å². The van der Waals surface area contributed by atoms with Crippen LogP contribution in [0.2, 0.25) is 0 Å². The zero-order valence-electron chi connectivity index (χ0n) is 12.7. The van der Waals surface area contributed by atoms with E-state index in [0.717, 1.165) is 16.9 Å². The molecule has 1 N–H and O–H groups in total. The second-order valence-corrected chi connectivity index (χ2v) is 5.94. The van der Waals surface area contributed by atoms with Crippen LogP contribution < -0.4 is 5.32 Å². The normalized spacial score (nSPS) is 11.0. The van der Waals surface area contributed by atoms with Gasteiger partial charge in [0.05, 0.1) is 5.69 Å². The van der Waals surface area contributed by atoms with Crippen LogP contribution in [-0.4, -0.2) is 4.98 Å². The number of hydrogen-bond acceptors (Lipinski definition) is 4. The van der Waals surface area contributed by atoms with Gasteiger partial charge in [-0.25, -0.2) is 4.98 Å². The van der Waals surface area contributed by atoms with E-state index in [1.807, 2.05) is 47.8 Å². The first-order chi connectivity index (χ1) is 11.3. The van der Waals surface area contributed by atoms with Crippen molar-refractivity contribution in [3.63, 3.8) is 0 Å². The van der Waals surface area contributed by atoms with Crippen molar-refractivity contribution in [1.82, 2.24) is 4.98 Å². The number of thiazole rings is 1. The minimum atomic E-state index is 0.525. The summed E-state index contributed by atoms with van der Waals surface area (Å²) < 4.78 is 0. The standard InChI is InChI=1S/C19H15N3S/c1-14-7-9-15(10-8-14)18-13-23-19(22-18)16(11-20)12-21-17-5-3-2-4-6-17/h2-10,12-13,21H,1H3/b16-12-. The van der Waals surface area contributed by atoms with E-state index in [-0.39, 0.29) is 0 Å². The third-order valence-electron chi connectivity index (χ3n) is 3.36. The number of allylic oxidation sites excluding steroid dienone is 1. The van der Waals surface area contributed by atoms with Gasteiger partial charge in [-0.1, -0.05) is 48.0 Å². The number of aryl methyl sites for hydroxylation is 1. The van der Waals surface area contributed by atoms with Crippen LogP contribution in [0.25, 0.3) is 16.8 Å². The van der Waals surface area contributed by atoms with E-state index in [9.17, 15) is 5.26 Å². The third kappa shape index (κ3) is 3.65. The maximum Gasteiger partial charge on any atom is 0.136 e. The van der Waals surface area contributed by atoms with Gasteiger partial charge in [0.15, 0.2) is 0 Å². The molecule has 0 saturated carbocycles. The van der Waals surface area contributed by atoms with E-state index < -0.39 is 0 Å². The molecule has 0 spiro atoms. The first-order valence-electron chi connectivity index (χ1n) is 7.21. The van der Waals surface area contributed by atoms with Gasteiger partial charge < -0.3 is 5.32 Å². The summed E-state index contributed by atoms with van der Waals surface area (Å²) in [6, 6.07) is 20.2. The Hall–Kier alpha value is -2.90. The fraction of sp³-hybridized carbons (Fsp3) is 0.0526. The summed E-state index contributed by atoms with van der Waals surface area (Å²) in [5.41, 5.74) is 4.64. The summed E-state index contributed by atoms with van der Waals surface area (Å²) in [4.78, 5) is 4.58. The predicted octanol–water partition coefficient (Wildman–Crippen LogP) is 5.10. The largest absolute Gasteiger partial charge is 0.360 e. The van der Waals surface area contributed by atoms with Gasteiger partial charge in [-0.2, -0.15) is 5.26 Å². The molecule has 0 aliphatic heterocycles. The van der Waals surface area contributed by atoms with Gasteiger partial charge in [0, 0.05) is 22.8 Å². The smallest absolute Gasteiger partial charge is 0.136 e. The number of benzene rings is 2. The summed E-state index contributed by atoms with van der Waals surface area (Å²) in [6.07, 6.45) is 1.70. The zero-order valence-corrected chi connectivity index (χ0v) is 13.5. The van der Waals surface area contributed by atoms with E-state index >= 15 is 0 Å². The lowest BCUT2D eigenvalue weighted by atomic mass is 10.1. The molecule has 2 aromatic carbocycles. The fourth-order valence-corrected chi connectivity index (χ4v) is 2.88. The second-order valence-electron chi connectivity index (χ2n) is 5.08. The molecule has 1 heterocycles. The SMILES string of the molecule is Cc1ccc(-c2csc(/C(C#N)=C\Nc3ccccc3)n2)cc1. The molecule has 0 bridgehead atoms. The molecule has 3 nitrogen and oxygen atoms in total. The van der Waals surface area contributed by atoms with E-state index in [0.29, 0.717) is 10.6 Å². The maximum atomic E-state index is 9.38. The van der Waals surface area contributed by atoms with E-state index in [4.69, 9.17) is 0 Å². The Morgan fingerprint density at radius 1 is 1.13 bits per heavy atom. The van der Waals surface area contributed by atoms with Gasteiger partial charge >= 0.3 is 0 Å². The lowest BCUT2D eigenvalue weighted by molar-refractivity contribution is 1.36. The number of nitrogens with zero attached hydrogens (tertiary/aromatic N) is 2. The van der Waals surface area contributed by atoms with Crippen LogP contribution in [0.3, 0.4) is 0 Å². The summed E-state index contributed by atoms with van der Waals surface area (Å²) in [6.45, 7) is 2.06.